The van der Waals surface area contributed by atoms with Gasteiger partial charge in [-0.2, -0.15) is 0 Å². The minimum absolute atomic E-state index is 0.181. The molecule has 0 radical (unpaired) electrons. The number of halogens is 3. The van der Waals surface area contributed by atoms with Gasteiger partial charge >= 0.3 is 0 Å². The van der Waals surface area contributed by atoms with Crippen molar-refractivity contribution >= 4 is 70.2 Å². The Morgan fingerprint density at radius 3 is 2.89 bits per heavy atom. The van der Waals surface area contributed by atoms with Gasteiger partial charge in [-0.1, -0.05) is 30.3 Å². The molecule has 0 aromatic carbocycles. The summed E-state index contributed by atoms with van der Waals surface area (Å²) in [4.78, 5) is 15.7. The van der Waals surface area contributed by atoms with Crippen LogP contribution in [-0.4, -0.2) is 39.8 Å². The minimum Gasteiger partial charge on any atom is -0.353 e. The van der Waals surface area contributed by atoms with E-state index in [4.69, 9.17) is 22.3 Å². The molecule has 2 aromatic rings. The van der Waals surface area contributed by atoms with Crippen molar-refractivity contribution in [3.8, 4) is 11.2 Å². The second-order valence-electron chi connectivity index (χ2n) is 6.28. The van der Waals surface area contributed by atoms with Crippen LogP contribution in [0.5, 0.6) is 0 Å². The maximum atomic E-state index is 14.9. The molecule has 1 unspecified atom stereocenters. The zero-order valence-corrected chi connectivity index (χ0v) is 19.9. The normalized spacial score (nSPS) is 16.9. The van der Waals surface area contributed by atoms with Crippen LogP contribution in [0.25, 0.3) is 10.9 Å². The van der Waals surface area contributed by atoms with Crippen molar-refractivity contribution in [2.45, 2.75) is 43.8 Å². The molecule has 1 saturated heterocycles. The molecule has 0 bridgehead atoms. The van der Waals surface area contributed by atoms with Crippen molar-refractivity contribution in [1.82, 2.24) is 15.0 Å². The van der Waals surface area contributed by atoms with Crippen LogP contribution >= 0.6 is 53.5 Å². The Kier molecular flexibility index (Phi) is 8.29. The summed E-state index contributed by atoms with van der Waals surface area (Å²) in [5.41, 5.74) is 6.44. The molecule has 0 spiro atoms. The number of aromatic nitrogens is 3. The number of hydrogen-bond acceptors (Lipinski definition) is 7. The van der Waals surface area contributed by atoms with Gasteiger partial charge in [-0.15, -0.1) is 0 Å². The average molecular weight is 552 g/mol. The van der Waals surface area contributed by atoms with Crippen LogP contribution in [-0.2, 0) is 0 Å². The van der Waals surface area contributed by atoms with Gasteiger partial charge in [0.25, 0.3) is 0 Å². The number of piperidine rings is 1. The topological polar surface area (TPSA) is 67.9 Å². The number of nitrogens with zero attached hydrogens (tertiary/aromatic N) is 4. The molecule has 28 heavy (non-hydrogen) atoms. The first-order valence-corrected chi connectivity index (χ1v) is 13.8. The second-order valence-corrected chi connectivity index (χ2v) is 9.54. The lowest BCUT2D eigenvalue weighted by Gasteiger charge is -2.37. The molecular weight excluding hydrogens is 532 g/mol. The van der Waals surface area contributed by atoms with Crippen molar-refractivity contribution in [2.24, 2.45) is 5.73 Å². The lowest BCUT2D eigenvalue weighted by atomic mass is 9.98. The van der Waals surface area contributed by atoms with E-state index < -0.39 is 5.82 Å². The number of hydrogen-bond donors (Lipinski definition) is 1. The van der Waals surface area contributed by atoms with Gasteiger partial charge in [-0.3, -0.25) is 0 Å². The summed E-state index contributed by atoms with van der Waals surface area (Å²) in [6.07, 6.45) is 4.09. The van der Waals surface area contributed by atoms with E-state index in [0.717, 1.165) is 38.0 Å². The van der Waals surface area contributed by atoms with Crippen LogP contribution in [0.2, 0.25) is 5.15 Å². The number of fused-ring (bicyclic) bond motifs is 1. The first-order chi connectivity index (χ1) is 13.6. The maximum absolute atomic E-state index is 14.9. The van der Waals surface area contributed by atoms with Crippen molar-refractivity contribution in [2.75, 3.05) is 23.7 Å². The Morgan fingerprint density at radius 1 is 1.36 bits per heavy atom. The Balaban J connectivity index is 2.30. The van der Waals surface area contributed by atoms with E-state index in [-0.39, 0.29) is 16.7 Å². The quantitative estimate of drug-likeness (QED) is 0.184. The fraction of sp³-hybridized carbons (Fsp3) is 0.500. The van der Waals surface area contributed by atoms with Gasteiger partial charge in [0, 0.05) is 33.8 Å². The molecule has 2 N–H and O–H groups in total. The SMILES string of the molecule is CCSc1nc(N2CCCCC2CCN)c2c(C#CSI)nc(Cl)c(F)c2n1. The van der Waals surface area contributed by atoms with Gasteiger partial charge in [0.1, 0.15) is 17.0 Å². The Bertz CT molecular complexity index is 918. The van der Waals surface area contributed by atoms with Gasteiger partial charge < -0.3 is 10.6 Å². The van der Waals surface area contributed by atoms with Gasteiger partial charge in [0.15, 0.2) is 16.1 Å². The molecule has 2 aromatic heterocycles. The van der Waals surface area contributed by atoms with E-state index in [1.807, 2.05) is 6.92 Å². The van der Waals surface area contributed by atoms with Crippen LogP contribution in [0, 0.1) is 17.0 Å². The fourth-order valence-corrected chi connectivity index (χ4v) is 4.64. The lowest BCUT2D eigenvalue weighted by molar-refractivity contribution is 0.439. The van der Waals surface area contributed by atoms with Crippen LogP contribution in [0.3, 0.4) is 0 Å². The van der Waals surface area contributed by atoms with Gasteiger partial charge in [-0.05, 0) is 58.1 Å². The number of anilines is 1. The van der Waals surface area contributed by atoms with E-state index in [2.05, 4.69) is 47.2 Å². The van der Waals surface area contributed by atoms with Crippen molar-refractivity contribution in [3.05, 3.63) is 16.7 Å². The lowest BCUT2D eigenvalue weighted by Crippen LogP contribution is -2.41. The fourth-order valence-electron chi connectivity index (χ4n) is 3.44. The summed E-state index contributed by atoms with van der Waals surface area (Å²) < 4.78 is 14.9. The van der Waals surface area contributed by atoms with E-state index in [0.29, 0.717) is 28.6 Å². The Morgan fingerprint density at radius 2 is 2.18 bits per heavy atom. The van der Waals surface area contributed by atoms with Crippen molar-refractivity contribution < 1.29 is 4.39 Å². The third-order valence-corrected chi connectivity index (χ3v) is 6.41. The largest absolute Gasteiger partial charge is 0.353 e. The predicted molar refractivity (Wildman–Crippen MR) is 126 cm³/mol. The summed E-state index contributed by atoms with van der Waals surface area (Å²) in [7, 11) is 1.33. The minimum atomic E-state index is -0.627. The predicted octanol–water partition coefficient (Wildman–Crippen LogP) is 5.03. The highest BCUT2D eigenvalue weighted by Crippen LogP contribution is 2.36. The zero-order chi connectivity index (χ0) is 20.1. The summed E-state index contributed by atoms with van der Waals surface area (Å²) in [5, 5.41) is 3.77. The third-order valence-electron chi connectivity index (χ3n) is 4.59. The molecule has 150 valence electrons. The molecule has 1 atom stereocenters. The summed E-state index contributed by atoms with van der Waals surface area (Å²) >= 11 is 9.62. The molecule has 1 aliphatic rings. The van der Waals surface area contributed by atoms with Crippen LogP contribution in [0.4, 0.5) is 10.2 Å². The van der Waals surface area contributed by atoms with E-state index in [1.165, 1.54) is 20.7 Å². The monoisotopic (exact) mass is 551 g/mol. The van der Waals surface area contributed by atoms with Crippen molar-refractivity contribution in [1.29, 1.82) is 0 Å². The van der Waals surface area contributed by atoms with E-state index >= 15 is 0 Å². The smallest absolute Gasteiger partial charge is 0.190 e. The molecule has 3 rings (SSSR count). The zero-order valence-electron chi connectivity index (χ0n) is 15.3. The summed E-state index contributed by atoms with van der Waals surface area (Å²) in [6, 6.07) is 0.259. The third kappa shape index (κ3) is 4.78. The summed E-state index contributed by atoms with van der Waals surface area (Å²) in [6.45, 7) is 3.45. The van der Waals surface area contributed by atoms with Crippen LogP contribution < -0.4 is 10.6 Å². The second kappa shape index (κ2) is 10.5. The van der Waals surface area contributed by atoms with Gasteiger partial charge in [0.2, 0.25) is 0 Å². The highest BCUT2D eigenvalue weighted by molar-refractivity contribution is 14.2. The number of nitrogens with two attached hydrogens (primary N) is 1. The highest BCUT2D eigenvalue weighted by atomic mass is 127. The van der Waals surface area contributed by atoms with Gasteiger partial charge in [0.05, 0.1) is 5.39 Å². The Hall–Kier alpha value is -0.540. The first kappa shape index (κ1) is 22.2. The molecule has 1 fully saturated rings. The molecular formula is C18H20ClFIN5S2. The maximum Gasteiger partial charge on any atom is 0.190 e. The molecule has 0 saturated carbocycles. The molecule has 3 heterocycles. The standard InChI is InChI=1S/C18H20ClFIN5S2/c1-2-27-18-24-15-13(12(7-10-28-21)23-16(19)14(15)20)17(25-18)26-9-4-3-5-11(26)6-8-22/h11H,2-6,8-9,22H2,1H3. The summed E-state index contributed by atoms with van der Waals surface area (Å²) in [5.74, 6) is 3.83. The molecule has 0 aliphatic carbocycles. The van der Waals surface area contributed by atoms with Crippen LogP contribution in [0.1, 0.15) is 38.3 Å². The number of thioether (sulfide) groups is 1. The molecule has 1 aliphatic heterocycles. The van der Waals surface area contributed by atoms with E-state index in [1.54, 1.807) is 0 Å². The highest BCUT2D eigenvalue weighted by Gasteiger charge is 2.28. The van der Waals surface area contributed by atoms with E-state index in [9.17, 15) is 4.39 Å². The molecule has 10 heteroatoms. The number of rotatable bonds is 5. The molecule has 0 amide bonds. The molecule has 5 nitrogen and oxygen atoms in total. The van der Waals surface area contributed by atoms with Crippen LogP contribution in [0.15, 0.2) is 5.16 Å². The first-order valence-electron chi connectivity index (χ1n) is 9.05. The average Bonchev–Trinajstić information content (AvgIpc) is 2.70. The van der Waals surface area contributed by atoms with Crippen molar-refractivity contribution in [3.63, 3.8) is 0 Å². The number of pyridine rings is 1. The van der Waals surface area contributed by atoms with Gasteiger partial charge in [-0.25, -0.2) is 19.3 Å². The Labute approximate surface area is 189 Å².